The number of aliphatic carboxylic acids is 2. The van der Waals surface area contributed by atoms with Crippen LogP contribution < -0.4 is 0 Å². The molecular formula is C23H18O5. The summed E-state index contributed by atoms with van der Waals surface area (Å²) in [7, 11) is 0. The molecule has 0 aliphatic carbocycles. The smallest absolute Gasteiger partial charge is 0.332 e. The van der Waals surface area contributed by atoms with Gasteiger partial charge >= 0.3 is 11.9 Å². The quantitative estimate of drug-likeness (QED) is 0.472. The van der Waals surface area contributed by atoms with Crippen LogP contribution in [0.5, 0.6) is 0 Å². The summed E-state index contributed by atoms with van der Waals surface area (Å²) in [5, 5.41) is 20.4. The first-order valence-electron chi connectivity index (χ1n) is 8.71. The highest BCUT2D eigenvalue weighted by Crippen LogP contribution is 2.28. The fourth-order valence-electron chi connectivity index (χ4n) is 3.21. The normalized spacial score (nSPS) is 11.7. The second kappa shape index (κ2) is 8.31. The number of benzene rings is 3. The van der Waals surface area contributed by atoms with E-state index in [4.69, 9.17) is 5.11 Å². The molecule has 140 valence electrons. The molecule has 2 N–H and O–H groups in total. The molecule has 0 unspecified atom stereocenters. The molecule has 0 aliphatic heterocycles. The molecule has 0 aliphatic rings. The molecule has 5 nitrogen and oxygen atoms in total. The molecular weight excluding hydrogens is 356 g/mol. The lowest BCUT2D eigenvalue weighted by molar-refractivity contribution is -0.139. The van der Waals surface area contributed by atoms with Crippen molar-refractivity contribution in [2.45, 2.75) is 12.8 Å². The van der Waals surface area contributed by atoms with Gasteiger partial charge in [0.2, 0.25) is 0 Å². The molecule has 5 heteroatoms. The molecule has 0 saturated carbocycles. The monoisotopic (exact) mass is 374 g/mol. The summed E-state index contributed by atoms with van der Waals surface area (Å²) in [6.07, 6.45) is -0.866. The van der Waals surface area contributed by atoms with E-state index in [1.165, 1.54) is 0 Å². The number of hydrogen-bond acceptors (Lipinski definition) is 3. The Bertz CT molecular complexity index is 1080. The average molecular weight is 374 g/mol. The fraction of sp³-hybridized carbons (Fsp3) is 0.0870. The van der Waals surface area contributed by atoms with Crippen LogP contribution in [0.15, 0.2) is 78.4 Å². The summed E-state index contributed by atoms with van der Waals surface area (Å²) >= 11 is 0. The summed E-state index contributed by atoms with van der Waals surface area (Å²) in [5.74, 6) is -2.87. The second-order valence-electron chi connectivity index (χ2n) is 6.33. The number of ketones is 1. The maximum absolute atomic E-state index is 13.1. The molecule has 0 bridgehead atoms. The lowest BCUT2D eigenvalue weighted by Gasteiger charge is -2.13. The van der Waals surface area contributed by atoms with E-state index in [0.717, 1.165) is 10.8 Å². The first kappa shape index (κ1) is 19.0. The van der Waals surface area contributed by atoms with Gasteiger partial charge in [-0.15, -0.1) is 0 Å². The van der Waals surface area contributed by atoms with E-state index in [1.807, 2.05) is 30.3 Å². The number of carboxylic acids is 2. The van der Waals surface area contributed by atoms with Crippen molar-refractivity contribution in [2.75, 3.05) is 0 Å². The number of rotatable bonds is 7. The van der Waals surface area contributed by atoms with Crippen LogP contribution in [0, 0.1) is 0 Å². The average Bonchev–Trinajstić information content (AvgIpc) is 2.70. The van der Waals surface area contributed by atoms with Gasteiger partial charge in [-0.3, -0.25) is 9.59 Å². The Balaban J connectivity index is 2.10. The zero-order valence-corrected chi connectivity index (χ0v) is 15.0. The Morgan fingerprint density at radius 3 is 2.04 bits per heavy atom. The van der Waals surface area contributed by atoms with Crippen molar-refractivity contribution in [3.05, 3.63) is 89.5 Å². The SMILES string of the molecule is O=C(O)CC(C(=O)O)=C(CC(=O)c1cccc2ccccc12)c1ccccc1. The van der Waals surface area contributed by atoms with E-state index in [1.54, 1.807) is 42.5 Å². The van der Waals surface area contributed by atoms with E-state index < -0.39 is 18.4 Å². The first-order chi connectivity index (χ1) is 13.5. The summed E-state index contributed by atoms with van der Waals surface area (Å²) in [6.45, 7) is 0. The van der Waals surface area contributed by atoms with Gasteiger partial charge in [0.25, 0.3) is 0 Å². The largest absolute Gasteiger partial charge is 0.481 e. The van der Waals surface area contributed by atoms with Gasteiger partial charge in [0.05, 0.1) is 12.0 Å². The molecule has 0 amide bonds. The number of carbonyl (C=O) groups excluding carboxylic acids is 1. The molecule has 3 aromatic carbocycles. The Kier molecular flexibility index (Phi) is 5.65. The number of fused-ring (bicyclic) bond motifs is 1. The third kappa shape index (κ3) is 4.15. The van der Waals surface area contributed by atoms with Crippen LogP contribution in [0.2, 0.25) is 0 Å². The van der Waals surface area contributed by atoms with Crippen LogP contribution in [0.4, 0.5) is 0 Å². The molecule has 0 aromatic heterocycles. The highest BCUT2D eigenvalue weighted by molar-refractivity contribution is 6.13. The van der Waals surface area contributed by atoms with Crippen LogP contribution in [0.25, 0.3) is 16.3 Å². The molecule has 0 spiro atoms. The van der Waals surface area contributed by atoms with Gasteiger partial charge < -0.3 is 10.2 Å². The molecule has 0 fully saturated rings. The predicted octanol–water partition coefficient (Wildman–Crippen LogP) is 4.43. The number of carboxylic acid groups (broad SMARTS) is 2. The topological polar surface area (TPSA) is 91.7 Å². The minimum atomic E-state index is -1.34. The number of allylic oxidation sites excluding steroid dienone is 1. The van der Waals surface area contributed by atoms with Gasteiger partial charge in [0.15, 0.2) is 5.78 Å². The Morgan fingerprint density at radius 1 is 0.714 bits per heavy atom. The maximum atomic E-state index is 13.1. The molecule has 0 radical (unpaired) electrons. The highest BCUT2D eigenvalue weighted by atomic mass is 16.4. The molecule has 28 heavy (non-hydrogen) atoms. The Morgan fingerprint density at radius 2 is 1.36 bits per heavy atom. The molecule has 0 heterocycles. The minimum Gasteiger partial charge on any atom is -0.481 e. The summed E-state index contributed by atoms with van der Waals surface area (Å²) in [4.78, 5) is 36.0. The van der Waals surface area contributed by atoms with E-state index in [0.29, 0.717) is 11.1 Å². The van der Waals surface area contributed by atoms with Gasteiger partial charge in [-0.1, -0.05) is 72.8 Å². The number of Topliss-reactive ketones (excluding diaryl/α,β-unsaturated/α-hetero) is 1. The number of hydrogen-bond donors (Lipinski definition) is 2. The number of carbonyl (C=O) groups is 3. The Hall–Kier alpha value is -3.73. The highest BCUT2D eigenvalue weighted by Gasteiger charge is 2.22. The Labute approximate surface area is 161 Å². The first-order valence-corrected chi connectivity index (χ1v) is 8.71. The minimum absolute atomic E-state index is 0.201. The summed E-state index contributed by atoms with van der Waals surface area (Å²) in [6, 6.07) is 21.4. The van der Waals surface area contributed by atoms with Gasteiger partial charge in [0.1, 0.15) is 0 Å². The van der Waals surface area contributed by atoms with Crippen molar-refractivity contribution >= 4 is 34.1 Å². The van der Waals surface area contributed by atoms with Gasteiger partial charge in [-0.25, -0.2) is 4.79 Å². The van der Waals surface area contributed by atoms with Crippen molar-refractivity contribution in [1.82, 2.24) is 0 Å². The van der Waals surface area contributed by atoms with E-state index in [9.17, 15) is 19.5 Å². The van der Waals surface area contributed by atoms with Crippen LogP contribution in [-0.4, -0.2) is 27.9 Å². The van der Waals surface area contributed by atoms with Crippen molar-refractivity contribution in [3.8, 4) is 0 Å². The van der Waals surface area contributed by atoms with Crippen molar-refractivity contribution in [2.24, 2.45) is 0 Å². The fourth-order valence-corrected chi connectivity index (χ4v) is 3.21. The van der Waals surface area contributed by atoms with Gasteiger partial charge in [-0.05, 0) is 21.9 Å². The third-order valence-electron chi connectivity index (χ3n) is 4.50. The molecule has 0 atom stereocenters. The van der Waals surface area contributed by atoms with Crippen molar-refractivity contribution in [3.63, 3.8) is 0 Å². The zero-order chi connectivity index (χ0) is 20.1. The van der Waals surface area contributed by atoms with Crippen LogP contribution in [0.1, 0.15) is 28.8 Å². The molecule has 3 rings (SSSR count). The van der Waals surface area contributed by atoms with Crippen molar-refractivity contribution < 1.29 is 24.6 Å². The van der Waals surface area contributed by atoms with Gasteiger partial charge in [0, 0.05) is 12.0 Å². The van der Waals surface area contributed by atoms with Crippen LogP contribution in [-0.2, 0) is 9.59 Å². The van der Waals surface area contributed by atoms with E-state index >= 15 is 0 Å². The van der Waals surface area contributed by atoms with Crippen LogP contribution >= 0.6 is 0 Å². The predicted molar refractivity (Wildman–Crippen MR) is 106 cm³/mol. The summed E-state index contributed by atoms with van der Waals surface area (Å²) in [5.41, 5.74) is 0.932. The third-order valence-corrected chi connectivity index (χ3v) is 4.50. The lowest BCUT2D eigenvalue weighted by Crippen LogP contribution is -2.12. The van der Waals surface area contributed by atoms with E-state index in [2.05, 4.69) is 0 Å². The second-order valence-corrected chi connectivity index (χ2v) is 6.33. The van der Waals surface area contributed by atoms with E-state index in [-0.39, 0.29) is 23.4 Å². The van der Waals surface area contributed by atoms with Crippen LogP contribution in [0.3, 0.4) is 0 Å². The van der Waals surface area contributed by atoms with Gasteiger partial charge in [-0.2, -0.15) is 0 Å². The lowest BCUT2D eigenvalue weighted by atomic mass is 9.90. The maximum Gasteiger partial charge on any atom is 0.332 e. The molecule has 3 aromatic rings. The summed E-state index contributed by atoms with van der Waals surface area (Å²) < 4.78 is 0. The van der Waals surface area contributed by atoms with Crippen molar-refractivity contribution in [1.29, 1.82) is 0 Å². The molecule has 0 saturated heterocycles. The standard InChI is InChI=1S/C23H18O5/c24-21(18-12-6-10-15-9-4-5-11-17(15)18)13-19(16-7-2-1-3-8-16)20(23(27)28)14-22(25)26/h1-12H,13-14H2,(H,25,26)(H,27,28). The zero-order valence-electron chi connectivity index (χ0n) is 15.0.